The summed E-state index contributed by atoms with van der Waals surface area (Å²) in [6.45, 7) is 6.42. The molecule has 2 fully saturated rings. The topological polar surface area (TPSA) is 84.4 Å². The van der Waals surface area contributed by atoms with Crippen molar-refractivity contribution in [3.63, 3.8) is 0 Å². The molecule has 126 valence electrons. The number of hydrogen-bond donors (Lipinski definition) is 1. The number of nitrogens with one attached hydrogen (secondary N) is 1. The molecule has 1 N–H and O–H groups in total. The molecular formula is C15H22N4O3S. The van der Waals surface area contributed by atoms with Gasteiger partial charge in [0, 0.05) is 19.0 Å². The molecule has 1 unspecified atom stereocenters. The van der Waals surface area contributed by atoms with Crippen molar-refractivity contribution < 1.29 is 14.3 Å². The van der Waals surface area contributed by atoms with Gasteiger partial charge in [0.15, 0.2) is 0 Å². The van der Waals surface area contributed by atoms with E-state index in [-0.39, 0.29) is 17.9 Å². The Bertz CT molecular complexity index is 606. The van der Waals surface area contributed by atoms with Crippen molar-refractivity contribution in [3.05, 3.63) is 5.01 Å². The zero-order valence-electron chi connectivity index (χ0n) is 13.7. The summed E-state index contributed by atoms with van der Waals surface area (Å²) in [6.07, 6.45) is 2.60. The number of nitrogens with zero attached hydrogens (tertiary/aromatic N) is 3. The predicted octanol–water partition coefficient (Wildman–Crippen LogP) is 2.61. The summed E-state index contributed by atoms with van der Waals surface area (Å²) in [5.74, 6) is 0.206. The normalized spacial score (nSPS) is 21.3. The van der Waals surface area contributed by atoms with E-state index in [0.717, 1.165) is 17.8 Å². The Balaban J connectivity index is 1.51. The summed E-state index contributed by atoms with van der Waals surface area (Å²) in [5, 5.41) is 12.5. The van der Waals surface area contributed by atoms with Gasteiger partial charge < -0.3 is 15.0 Å². The lowest BCUT2D eigenvalue weighted by molar-refractivity contribution is -0.119. The van der Waals surface area contributed by atoms with Crippen LogP contribution in [-0.4, -0.2) is 45.8 Å². The molecule has 2 heterocycles. The van der Waals surface area contributed by atoms with E-state index in [1.165, 1.54) is 11.3 Å². The first-order valence-electron chi connectivity index (χ1n) is 7.94. The zero-order chi connectivity index (χ0) is 16.6. The third-order valence-corrected chi connectivity index (χ3v) is 4.81. The molecule has 1 aromatic rings. The van der Waals surface area contributed by atoms with Crippen molar-refractivity contribution in [2.75, 3.05) is 18.4 Å². The largest absolute Gasteiger partial charge is 0.444 e. The van der Waals surface area contributed by atoms with Crippen LogP contribution in [0.3, 0.4) is 0 Å². The Kier molecular flexibility index (Phi) is 4.27. The molecule has 1 aromatic heterocycles. The molecule has 0 bridgehead atoms. The lowest BCUT2D eigenvalue weighted by atomic mass is 10.1. The van der Waals surface area contributed by atoms with Gasteiger partial charge in [-0.25, -0.2) is 4.79 Å². The van der Waals surface area contributed by atoms with Gasteiger partial charge in [-0.05, 0) is 40.0 Å². The van der Waals surface area contributed by atoms with Gasteiger partial charge in [0.2, 0.25) is 11.0 Å². The number of carbonyl (C=O) groups excluding carboxylic acids is 2. The molecule has 1 saturated heterocycles. The zero-order valence-corrected chi connectivity index (χ0v) is 14.5. The minimum absolute atomic E-state index is 0.102. The van der Waals surface area contributed by atoms with E-state index in [1.807, 2.05) is 20.8 Å². The van der Waals surface area contributed by atoms with Crippen LogP contribution in [0.15, 0.2) is 0 Å². The molecule has 1 aliphatic carbocycles. The Labute approximate surface area is 139 Å². The van der Waals surface area contributed by atoms with Crippen LogP contribution < -0.4 is 5.32 Å². The van der Waals surface area contributed by atoms with Crippen LogP contribution in [0, 0.1) is 5.92 Å². The van der Waals surface area contributed by atoms with Gasteiger partial charge >= 0.3 is 6.09 Å². The Morgan fingerprint density at radius 3 is 2.65 bits per heavy atom. The maximum absolute atomic E-state index is 12.3. The second kappa shape index (κ2) is 6.07. The Morgan fingerprint density at radius 1 is 1.26 bits per heavy atom. The summed E-state index contributed by atoms with van der Waals surface area (Å²) in [6, 6.07) is 0. The third-order valence-electron chi connectivity index (χ3n) is 3.81. The van der Waals surface area contributed by atoms with Crippen LogP contribution >= 0.6 is 11.3 Å². The average Bonchev–Trinajstić information content (AvgIpc) is 3.00. The number of anilines is 1. The highest BCUT2D eigenvalue weighted by molar-refractivity contribution is 7.15. The highest BCUT2D eigenvalue weighted by Gasteiger charge is 2.34. The molecule has 1 aliphatic heterocycles. The van der Waals surface area contributed by atoms with Gasteiger partial charge in [0.05, 0.1) is 5.92 Å². The molecule has 1 atom stereocenters. The molecule has 2 aliphatic rings. The predicted molar refractivity (Wildman–Crippen MR) is 86.4 cm³/mol. The quantitative estimate of drug-likeness (QED) is 0.916. The van der Waals surface area contributed by atoms with E-state index in [1.54, 1.807) is 4.90 Å². The summed E-state index contributed by atoms with van der Waals surface area (Å²) < 4.78 is 5.34. The number of aromatic nitrogens is 2. The Morgan fingerprint density at radius 2 is 2.00 bits per heavy atom. The fourth-order valence-electron chi connectivity index (χ4n) is 2.45. The second-order valence-corrected chi connectivity index (χ2v) is 8.13. The van der Waals surface area contributed by atoms with Gasteiger partial charge in [-0.1, -0.05) is 11.3 Å². The maximum atomic E-state index is 12.3. The highest BCUT2D eigenvalue weighted by Crippen LogP contribution is 2.42. The van der Waals surface area contributed by atoms with E-state index in [4.69, 9.17) is 4.74 Å². The van der Waals surface area contributed by atoms with Crippen molar-refractivity contribution >= 4 is 28.5 Å². The van der Waals surface area contributed by atoms with Crippen molar-refractivity contribution in [1.29, 1.82) is 0 Å². The average molecular weight is 338 g/mol. The molecule has 8 heteroatoms. The number of amides is 2. The summed E-state index contributed by atoms with van der Waals surface area (Å²) in [4.78, 5) is 25.9. The van der Waals surface area contributed by atoms with E-state index in [9.17, 15) is 9.59 Å². The molecule has 3 rings (SSSR count). The van der Waals surface area contributed by atoms with Gasteiger partial charge in [-0.15, -0.1) is 10.2 Å². The number of rotatable bonds is 3. The SMILES string of the molecule is CC(C)(C)OC(=O)N1CCC(C(=O)Nc2nnc(C3CC3)s2)C1. The van der Waals surface area contributed by atoms with Crippen molar-refractivity contribution in [3.8, 4) is 0 Å². The third kappa shape index (κ3) is 4.19. The van der Waals surface area contributed by atoms with E-state index in [0.29, 0.717) is 30.6 Å². The van der Waals surface area contributed by atoms with Crippen molar-refractivity contribution in [2.45, 2.75) is 51.6 Å². The summed E-state index contributed by atoms with van der Waals surface area (Å²) in [5.41, 5.74) is -0.525. The van der Waals surface area contributed by atoms with Crippen molar-refractivity contribution in [2.24, 2.45) is 5.92 Å². The molecule has 0 spiro atoms. The van der Waals surface area contributed by atoms with Crippen LogP contribution in [0.5, 0.6) is 0 Å². The molecule has 7 nitrogen and oxygen atoms in total. The van der Waals surface area contributed by atoms with Gasteiger partial charge in [0.1, 0.15) is 10.6 Å². The second-order valence-electron chi connectivity index (χ2n) is 7.12. The fraction of sp³-hybridized carbons (Fsp3) is 0.733. The number of likely N-dealkylation sites (tertiary alicyclic amines) is 1. The number of hydrogen-bond acceptors (Lipinski definition) is 6. The summed E-state index contributed by atoms with van der Waals surface area (Å²) in [7, 11) is 0. The van der Waals surface area contributed by atoms with Gasteiger partial charge in [-0.2, -0.15) is 0 Å². The standard InChI is InChI=1S/C15H22N4O3S/c1-15(2,3)22-14(21)19-7-6-10(8-19)11(20)16-13-18-17-12(23-13)9-4-5-9/h9-10H,4-8H2,1-3H3,(H,16,18,20). The van der Waals surface area contributed by atoms with Crippen LogP contribution in [0.2, 0.25) is 0 Å². The molecule has 0 radical (unpaired) electrons. The first-order chi connectivity index (χ1) is 10.8. The minimum Gasteiger partial charge on any atom is -0.444 e. The molecule has 1 saturated carbocycles. The van der Waals surface area contributed by atoms with E-state index in [2.05, 4.69) is 15.5 Å². The molecule has 23 heavy (non-hydrogen) atoms. The maximum Gasteiger partial charge on any atom is 0.410 e. The monoisotopic (exact) mass is 338 g/mol. The van der Waals surface area contributed by atoms with Crippen LogP contribution in [0.1, 0.15) is 51.0 Å². The van der Waals surface area contributed by atoms with Crippen LogP contribution in [0.4, 0.5) is 9.93 Å². The minimum atomic E-state index is -0.525. The first kappa shape index (κ1) is 16.2. The van der Waals surface area contributed by atoms with Crippen molar-refractivity contribution in [1.82, 2.24) is 15.1 Å². The van der Waals surface area contributed by atoms with Crippen LogP contribution in [0.25, 0.3) is 0 Å². The molecule has 0 aromatic carbocycles. The first-order valence-corrected chi connectivity index (χ1v) is 8.75. The van der Waals surface area contributed by atoms with Crippen LogP contribution in [-0.2, 0) is 9.53 Å². The lowest BCUT2D eigenvalue weighted by Gasteiger charge is -2.24. The fourth-order valence-corrected chi connectivity index (χ4v) is 3.37. The highest BCUT2D eigenvalue weighted by atomic mass is 32.1. The van der Waals surface area contributed by atoms with E-state index >= 15 is 0 Å². The molecule has 2 amide bonds. The van der Waals surface area contributed by atoms with E-state index < -0.39 is 5.60 Å². The number of carbonyl (C=O) groups is 2. The Hall–Kier alpha value is -1.70. The smallest absolute Gasteiger partial charge is 0.410 e. The lowest BCUT2D eigenvalue weighted by Crippen LogP contribution is -2.36. The number of ether oxygens (including phenoxy) is 1. The van der Waals surface area contributed by atoms with Gasteiger partial charge in [0.25, 0.3) is 0 Å². The van der Waals surface area contributed by atoms with Gasteiger partial charge in [-0.3, -0.25) is 4.79 Å². The summed E-state index contributed by atoms with van der Waals surface area (Å²) >= 11 is 1.45. The molecular weight excluding hydrogens is 316 g/mol.